The number of rotatable bonds is 2. The molecule has 1 aromatic carbocycles. The van der Waals surface area contributed by atoms with Gasteiger partial charge in [0.15, 0.2) is 0 Å². The highest BCUT2D eigenvalue weighted by Crippen LogP contribution is 2.23. The van der Waals surface area contributed by atoms with Crippen molar-refractivity contribution in [2.45, 2.75) is 6.92 Å². The molecule has 0 saturated heterocycles. The third kappa shape index (κ3) is 2.14. The third-order valence-electron chi connectivity index (χ3n) is 1.76. The number of anilines is 1. The van der Waals surface area contributed by atoms with Gasteiger partial charge in [-0.15, -0.1) is 11.6 Å². The molecule has 0 bridgehead atoms. The molecule has 66 valence electrons. The van der Waals surface area contributed by atoms with Gasteiger partial charge < -0.3 is 4.90 Å². The molecule has 1 aromatic rings. The number of alkyl halides is 1. The maximum atomic E-state index is 5.72. The molecule has 1 rings (SSSR count). The van der Waals surface area contributed by atoms with Crippen LogP contribution in [0.1, 0.15) is 5.56 Å². The Kier molecular flexibility index (Phi) is 3.41. The van der Waals surface area contributed by atoms with Gasteiger partial charge in [-0.25, -0.2) is 0 Å². The second kappa shape index (κ2) is 4.15. The molecule has 0 aliphatic carbocycles. The summed E-state index contributed by atoms with van der Waals surface area (Å²) in [6.45, 7) is 2.07. The number of hydrogen-bond donors (Lipinski definition) is 0. The lowest BCUT2D eigenvalue weighted by molar-refractivity contribution is 1.07. The Bertz CT molecular complexity index is 275. The summed E-state index contributed by atoms with van der Waals surface area (Å²) >= 11 is 9.15. The van der Waals surface area contributed by atoms with Gasteiger partial charge in [0.05, 0.1) is 6.00 Å². The molecule has 0 aromatic heterocycles. The first-order valence-electron chi connectivity index (χ1n) is 3.68. The van der Waals surface area contributed by atoms with E-state index in [-0.39, 0.29) is 0 Å². The van der Waals surface area contributed by atoms with Crippen LogP contribution in [0, 0.1) is 6.92 Å². The van der Waals surface area contributed by atoms with Gasteiger partial charge in [0.2, 0.25) is 0 Å². The summed E-state index contributed by atoms with van der Waals surface area (Å²) in [6.07, 6.45) is 0. The van der Waals surface area contributed by atoms with Crippen LogP contribution in [0.15, 0.2) is 22.7 Å². The summed E-state index contributed by atoms with van der Waals surface area (Å²) < 4.78 is 1.08. The van der Waals surface area contributed by atoms with Crippen molar-refractivity contribution in [3.63, 3.8) is 0 Å². The Hall–Kier alpha value is -0.210. The number of benzene rings is 1. The Morgan fingerprint density at radius 2 is 2.17 bits per heavy atom. The van der Waals surface area contributed by atoms with E-state index in [2.05, 4.69) is 35.0 Å². The summed E-state index contributed by atoms with van der Waals surface area (Å²) in [5.41, 5.74) is 2.40. The summed E-state index contributed by atoms with van der Waals surface area (Å²) in [7, 11) is 1.97. The van der Waals surface area contributed by atoms with Gasteiger partial charge in [0.1, 0.15) is 0 Å². The predicted molar refractivity (Wildman–Crippen MR) is 58.0 cm³/mol. The molecule has 1 nitrogen and oxygen atoms in total. The number of aryl methyl sites for hydroxylation is 1. The zero-order valence-corrected chi connectivity index (χ0v) is 9.48. The van der Waals surface area contributed by atoms with Crippen molar-refractivity contribution in [2.75, 3.05) is 18.0 Å². The lowest BCUT2D eigenvalue weighted by Crippen LogP contribution is -2.15. The zero-order valence-electron chi connectivity index (χ0n) is 7.14. The van der Waals surface area contributed by atoms with E-state index >= 15 is 0 Å². The summed E-state index contributed by atoms with van der Waals surface area (Å²) in [4.78, 5) is 2.00. The van der Waals surface area contributed by atoms with Crippen LogP contribution in [0.3, 0.4) is 0 Å². The summed E-state index contributed by atoms with van der Waals surface area (Å²) in [6, 6.07) is 6.68. The summed E-state index contributed by atoms with van der Waals surface area (Å²) in [5.74, 6) is 0. The number of nitrogens with zero attached hydrogens (tertiary/aromatic N) is 1. The molecule has 0 saturated carbocycles. The molecule has 0 atom stereocenters. The molecule has 0 aliphatic heterocycles. The first-order valence-corrected chi connectivity index (χ1v) is 5.01. The lowest BCUT2D eigenvalue weighted by Gasteiger charge is -2.18. The quantitative estimate of drug-likeness (QED) is 0.573. The van der Waals surface area contributed by atoms with Crippen molar-refractivity contribution in [1.82, 2.24) is 0 Å². The van der Waals surface area contributed by atoms with Gasteiger partial charge in [0.25, 0.3) is 0 Å². The maximum Gasteiger partial charge on any atom is 0.0925 e. The second-order valence-corrected chi connectivity index (χ2v) is 3.90. The third-order valence-corrected chi connectivity index (χ3v) is 2.61. The minimum Gasteiger partial charge on any atom is -0.361 e. The lowest BCUT2D eigenvalue weighted by atomic mass is 10.2. The van der Waals surface area contributed by atoms with Crippen LogP contribution in [0.25, 0.3) is 0 Å². The van der Waals surface area contributed by atoms with Crippen molar-refractivity contribution < 1.29 is 0 Å². The average molecular weight is 249 g/mol. The number of hydrogen-bond acceptors (Lipinski definition) is 1. The van der Waals surface area contributed by atoms with Crippen molar-refractivity contribution in [1.29, 1.82) is 0 Å². The molecular weight excluding hydrogens is 237 g/mol. The minimum atomic E-state index is 0.511. The normalized spacial score (nSPS) is 10.0. The van der Waals surface area contributed by atoms with E-state index in [0.717, 1.165) is 4.47 Å². The monoisotopic (exact) mass is 247 g/mol. The highest BCUT2D eigenvalue weighted by atomic mass is 79.9. The largest absolute Gasteiger partial charge is 0.361 e. The molecular formula is C9H11BrClN. The van der Waals surface area contributed by atoms with Crippen LogP contribution < -0.4 is 4.90 Å². The van der Waals surface area contributed by atoms with E-state index in [1.54, 1.807) is 0 Å². The molecule has 12 heavy (non-hydrogen) atoms. The smallest absolute Gasteiger partial charge is 0.0925 e. The molecule has 0 aliphatic rings. The van der Waals surface area contributed by atoms with Gasteiger partial charge in [-0.2, -0.15) is 0 Å². The topological polar surface area (TPSA) is 3.24 Å². The predicted octanol–water partition coefficient (Wildman–Crippen LogP) is 3.39. The van der Waals surface area contributed by atoms with Crippen LogP contribution in [-0.4, -0.2) is 13.1 Å². The molecule has 0 heterocycles. The van der Waals surface area contributed by atoms with Crippen LogP contribution in [0.4, 0.5) is 5.69 Å². The van der Waals surface area contributed by atoms with Gasteiger partial charge in [-0.05, 0) is 24.6 Å². The van der Waals surface area contributed by atoms with E-state index < -0.39 is 0 Å². The van der Waals surface area contributed by atoms with Crippen LogP contribution in [0.5, 0.6) is 0 Å². The summed E-state index contributed by atoms with van der Waals surface area (Å²) in [5, 5.41) is 0. The Balaban J connectivity index is 3.04. The first kappa shape index (κ1) is 9.87. The second-order valence-electron chi connectivity index (χ2n) is 2.75. The SMILES string of the molecule is Cc1ccc(Br)cc1N(C)CCl. The fourth-order valence-corrected chi connectivity index (χ4v) is 1.54. The van der Waals surface area contributed by atoms with Crippen molar-refractivity contribution >= 4 is 33.2 Å². The van der Waals surface area contributed by atoms with Crippen molar-refractivity contribution in [3.05, 3.63) is 28.2 Å². The van der Waals surface area contributed by atoms with Crippen molar-refractivity contribution in [3.8, 4) is 0 Å². The zero-order chi connectivity index (χ0) is 9.14. The molecule has 3 heteroatoms. The number of halogens is 2. The van der Waals surface area contributed by atoms with Gasteiger partial charge in [-0.3, -0.25) is 0 Å². The van der Waals surface area contributed by atoms with E-state index in [9.17, 15) is 0 Å². The Morgan fingerprint density at radius 1 is 1.50 bits per heavy atom. The molecule has 0 N–H and O–H groups in total. The van der Waals surface area contributed by atoms with Crippen LogP contribution >= 0.6 is 27.5 Å². The van der Waals surface area contributed by atoms with Gasteiger partial charge in [0, 0.05) is 17.2 Å². The average Bonchev–Trinajstić information content (AvgIpc) is 2.08. The molecule has 0 amide bonds. The van der Waals surface area contributed by atoms with Crippen LogP contribution in [-0.2, 0) is 0 Å². The Labute approximate surface area is 86.5 Å². The van der Waals surface area contributed by atoms with E-state index in [1.165, 1.54) is 11.3 Å². The highest BCUT2D eigenvalue weighted by Gasteiger charge is 2.02. The van der Waals surface area contributed by atoms with E-state index in [0.29, 0.717) is 6.00 Å². The molecule has 0 fully saturated rings. The fourth-order valence-electron chi connectivity index (χ4n) is 1.06. The van der Waals surface area contributed by atoms with Gasteiger partial charge >= 0.3 is 0 Å². The van der Waals surface area contributed by atoms with Crippen molar-refractivity contribution in [2.24, 2.45) is 0 Å². The van der Waals surface area contributed by atoms with Gasteiger partial charge in [-0.1, -0.05) is 22.0 Å². The first-order chi connectivity index (χ1) is 5.65. The fraction of sp³-hybridized carbons (Fsp3) is 0.333. The van der Waals surface area contributed by atoms with E-state index in [1.807, 2.05) is 18.0 Å². The molecule has 0 radical (unpaired) electrons. The molecule has 0 unspecified atom stereocenters. The minimum absolute atomic E-state index is 0.511. The standard InChI is InChI=1S/C9H11BrClN/c1-7-3-4-8(10)5-9(7)12(2)6-11/h3-5H,6H2,1-2H3. The molecule has 0 spiro atoms. The maximum absolute atomic E-state index is 5.72. The highest BCUT2D eigenvalue weighted by molar-refractivity contribution is 9.10. The van der Waals surface area contributed by atoms with E-state index in [4.69, 9.17) is 11.6 Å². The van der Waals surface area contributed by atoms with Crippen LogP contribution in [0.2, 0.25) is 0 Å². The Morgan fingerprint density at radius 3 is 2.75 bits per heavy atom.